The van der Waals surface area contributed by atoms with Crippen LogP contribution in [0.25, 0.3) is 11.3 Å². The highest BCUT2D eigenvalue weighted by molar-refractivity contribution is 8.23. The first-order chi connectivity index (χ1) is 12.3. The molecule has 2 rings (SSSR count). The van der Waals surface area contributed by atoms with Crippen molar-refractivity contribution in [2.24, 2.45) is 0 Å². The van der Waals surface area contributed by atoms with Crippen molar-refractivity contribution in [3.05, 3.63) is 35.2 Å². The lowest BCUT2D eigenvalue weighted by Crippen LogP contribution is -2.31. The molecular formula is C17H19F2N3OS3. The Labute approximate surface area is 165 Å². The van der Waals surface area contributed by atoms with E-state index in [0.717, 1.165) is 25.2 Å². The average molecular weight is 416 g/mol. The predicted octanol–water partition coefficient (Wildman–Crippen LogP) is 4.78. The zero-order valence-corrected chi connectivity index (χ0v) is 17.0. The van der Waals surface area contributed by atoms with Crippen LogP contribution in [0, 0.1) is 11.6 Å². The van der Waals surface area contributed by atoms with Crippen LogP contribution in [-0.2, 0) is 4.79 Å². The summed E-state index contributed by atoms with van der Waals surface area (Å²) in [5.74, 6) is -2.06. The Hall–Kier alpha value is -1.58. The monoisotopic (exact) mass is 415 g/mol. The summed E-state index contributed by atoms with van der Waals surface area (Å²) < 4.78 is 27.1. The van der Waals surface area contributed by atoms with Gasteiger partial charge in [0.2, 0.25) is 5.91 Å². The van der Waals surface area contributed by atoms with Gasteiger partial charge in [-0.15, -0.1) is 11.3 Å². The van der Waals surface area contributed by atoms with Crippen LogP contribution in [-0.4, -0.2) is 38.5 Å². The van der Waals surface area contributed by atoms with Crippen molar-refractivity contribution in [2.45, 2.75) is 26.0 Å². The molecule has 0 spiro atoms. The van der Waals surface area contributed by atoms with E-state index in [2.05, 4.69) is 10.3 Å². The van der Waals surface area contributed by atoms with Crippen molar-refractivity contribution in [3.8, 4) is 11.3 Å². The summed E-state index contributed by atoms with van der Waals surface area (Å²) in [6.45, 7) is 7.38. The Morgan fingerprint density at radius 1 is 1.35 bits per heavy atom. The van der Waals surface area contributed by atoms with Crippen LogP contribution in [0.1, 0.15) is 20.8 Å². The van der Waals surface area contributed by atoms with Gasteiger partial charge in [-0.05, 0) is 39.0 Å². The molecule has 0 aliphatic carbocycles. The molecule has 0 radical (unpaired) electrons. The average Bonchev–Trinajstić information content (AvgIpc) is 3.06. The number of amides is 1. The third-order valence-electron chi connectivity index (χ3n) is 3.62. The Bertz CT molecular complexity index is 793. The van der Waals surface area contributed by atoms with E-state index in [1.54, 1.807) is 12.3 Å². The minimum absolute atomic E-state index is 0.212. The van der Waals surface area contributed by atoms with Gasteiger partial charge in [0, 0.05) is 24.0 Å². The van der Waals surface area contributed by atoms with Gasteiger partial charge in [0.15, 0.2) is 16.8 Å². The largest absolute Gasteiger partial charge is 0.358 e. The topological polar surface area (TPSA) is 45.2 Å². The number of thiazole rings is 1. The lowest BCUT2D eigenvalue weighted by molar-refractivity contribution is -0.115. The molecule has 0 fully saturated rings. The number of thioether (sulfide) groups is 1. The first kappa shape index (κ1) is 20.7. The molecule has 0 saturated heterocycles. The molecule has 1 atom stereocenters. The van der Waals surface area contributed by atoms with E-state index in [4.69, 9.17) is 12.2 Å². The molecule has 1 aromatic carbocycles. The number of rotatable bonds is 6. The van der Waals surface area contributed by atoms with Gasteiger partial charge in [0.05, 0.1) is 10.9 Å². The standard InChI is InChI=1S/C17H19F2N3OS3/c1-4-22(5-2)17(24)26-10(3)15(23)21-16-20-14(9-25-16)11-6-7-12(18)13(19)8-11/h6-10H,4-5H2,1-3H3,(H,20,21,23)/t10-/m1/s1. The number of carbonyl (C=O) groups is 1. The van der Waals surface area contributed by atoms with E-state index in [-0.39, 0.29) is 11.2 Å². The van der Waals surface area contributed by atoms with E-state index >= 15 is 0 Å². The molecule has 0 unspecified atom stereocenters. The highest BCUT2D eigenvalue weighted by Crippen LogP contribution is 2.27. The molecule has 0 saturated carbocycles. The van der Waals surface area contributed by atoms with Gasteiger partial charge in [-0.2, -0.15) is 0 Å². The number of hydrogen-bond acceptors (Lipinski definition) is 5. The quantitative estimate of drug-likeness (QED) is 0.688. The highest BCUT2D eigenvalue weighted by atomic mass is 32.2. The van der Waals surface area contributed by atoms with Gasteiger partial charge in [0.25, 0.3) is 0 Å². The van der Waals surface area contributed by atoms with Gasteiger partial charge < -0.3 is 10.2 Å². The molecule has 0 aliphatic rings. The smallest absolute Gasteiger partial charge is 0.239 e. The Balaban J connectivity index is 2.00. The molecule has 9 heteroatoms. The number of nitrogens with one attached hydrogen (secondary N) is 1. The minimum atomic E-state index is -0.934. The maximum absolute atomic E-state index is 13.3. The lowest BCUT2D eigenvalue weighted by Gasteiger charge is -2.22. The van der Waals surface area contributed by atoms with Gasteiger partial charge >= 0.3 is 0 Å². The van der Waals surface area contributed by atoms with E-state index < -0.39 is 11.6 Å². The van der Waals surface area contributed by atoms with E-state index in [9.17, 15) is 13.6 Å². The van der Waals surface area contributed by atoms with Crippen LogP contribution >= 0.6 is 35.3 Å². The van der Waals surface area contributed by atoms with Gasteiger partial charge in [0.1, 0.15) is 4.32 Å². The number of hydrogen-bond donors (Lipinski definition) is 1. The summed E-state index contributed by atoms with van der Waals surface area (Å²) in [5, 5.41) is 4.44. The zero-order chi connectivity index (χ0) is 19.3. The van der Waals surface area contributed by atoms with E-state index in [0.29, 0.717) is 20.7 Å². The highest BCUT2D eigenvalue weighted by Gasteiger charge is 2.19. The molecule has 2 aromatic rings. The van der Waals surface area contributed by atoms with Gasteiger partial charge in [-0.25, -0.2) is 13.8 Å². The van der Waals surface area contributed by atoms with Crippen molar-refractivity contribution in [2.75, 3.05) is 18.4 Å². The van der Waals surface area contributed by atoms with Crippen molar-refractivity contribution in [1.82, 2.24) is 9.88 Å². The Kier molecular flexibility index (Phi) is 7.48. The van der Waals surface area contributed by atoms with Gasteiger partial charge in [-0.3, -0.25) is 4.79 Å². The summed E-state index contributed by atoms with van der Waals surface area (Å²) in [6.07, 6.45) is 0. The molecular weight excluding hydrogens is 396 g/mol. The Morgan fingerprint density at radius 3 is 2.65 bits per heavy atom. The second-order valence-electron chi connectivity index (χ2n) is 5.35. The fraction of sp³-hybridized carbons (Fsp3) is 0.353. The number of thiocarbonyl (C=S) groups is 1. The number of nitrogens with zero attached hydrogens (tertiary/aromatic N) is 2. The summed E-state index contributed by atoms with van der Waals surface area (Å²) in [7, 11) is 0. The van der Waals surface area contributed by atoms with E-state index in [1.807, 2.05) is 18.7 Å². The third kappa shape index (κ3) is 5.21. The second-order valence-corrected chi connectivity index (χ2v) is 8.19. The summed E-state index contributed by atoms with van der Waals surface area (Å²) in [6, 6.07) is 3.58. The summed E-state index contributed by atoms with van der Waals surface area (Å²) in [4.78, 5) is 18.6. The van der Waals surface area contributed by atoms with E-state index in [1.165, 1.54) is 29.2 Å². The minimum Gasteiger partial charge on any atom is -0.358 e. The molecule has 1 N–H and O–H groups in total. The molecule has 140 valence electrons. The fourth-order valence-corrected chi connectivity index (χ4v) is 4.38. The van der Waals surface area contributed by atoms with Crippen LogP contribution in [0.5, 0.6) is 0 Å². The van der Waals surface area contributed by atoms with Crippen molar-refractivity contribution >= 4 is 50.7 Å². The lowest BCUT2D eigenvalue weighted by atomic mass is 10.2. The zero-order valence-electron chi connectivity index (χ0n) is 14.6. The molecule has 0 bridgehead atoms. The number of carbonyl (C=O) groups excluding carboxylic acids is 1. The molecule has 0 aliphatic heterocycles. The first-order valence-electron chi connectivity index (χ1n) is 8.03. The molecule has 26 heavy (non-hydrogen) atoms. The Morgan fingerprint density at radius 2 is 2.04 bits per heavy atom. The van der Waals surface area contributed by atoms with Crippen LogP contribution < -0.4 is 5.32 Å². The van der Waals surface area contributed by atoms with Crippen molar-refractivity contribution in [3.63, 3.8) is 0 Å². The number of aromatic nitrogens is 1. The van der Waals surface area contributed by atoms with Crippen LogP contribution in [0.15, 0.2) is 23.6 Å². The summed E-state index contributed by atoms with van der Waals surface area (Å²) >= 11 is 7.90. The molecule has 4 nitrogen and oxygen atoms in total. The van der Waals surface area contributed by atoms with Crippen molar-refractivity contribution in [1.29, 1.82) is 0 Å². The predicted molar refractivity (Wildman–Crippen MR) is 109 cm³/mol. The van der Waals surface area contributed by atoms with Crippen LogP contribution in [0.3, 0.4) is 0 Å². The number of halogens is 2. The maximum Gasteiger partial charge on any atom is 0.239 e. The molecule has 1 amide bonds. The molecule has 1 aromatic heterocycles. The molecule has 1 heterocycles. The summed E-state index contributed by atoms with van der Waals surface area (Å²) in [5.41, 5.74) is 0.925. The van der Waals surface area contributed by atoms with Crippen LogP contribution in [0.4, 0.5) is 13.9 Å². The normalized spacial score (nSPS) is 11.9. The SMILES string of the molecule is CCN(CC)C(=S)S[C@H](C)C(=O)Nc1nc(-c2ccc(F)c(F)c2)cs1. The third-order valence-corrected chi connectivity index (χ3v) is 5.95. The van der Waals surface area contributed by atoms with Crippen molar-refractivity contribution < 1.29 is 13.6 Å². The van der Waals surface area contributed by atoms with Gasteiger partial charge in [-0.1, -0.05) is 24.0 Å². The number of anilines is 1. The van der Waals surface area contributed by atoms with Crippen LogP contribution in [0.2, 0.25) is 0 Å². The maximum atomic E-state index is 13.3. The first-order valence-corrected chi connectivity index (χ1v) is 10.2. The second kappa shape index (κ2) is 9.38. The number of benzene rings is 1. The fourth-order valence-electron chi connectivity index (χ4n) is 2.09.